The van der Waals surface area contributed by atoms with Crippen molar-refractivity contribution in [3.8, 4) is 0 Å². The molecule has 0 unspecified atom stereocenters. The van der Waals surface area contributed by atoms with Crippen molar-refractivity contribution in [1.82, 2.24) is 5.32 Å². The van der Waals surface area contributed by atoms with Crippen molar-refractivity contribution < 1.29 is 9.53 Å². The van der Waals surface area contributed by atoms with Crippen molar-refractivity contribution in [3.63, 3.8) is 0 Å². The van der Waals surface area contributed by atoms with Crippen LogP contribution < -0.4 is 5.32 Å². The van der Waals surface area contributed by atoms with E-state index < -0.39 is 5.54 Å². The SMILES string of the molecule is COC(=O)C1(NCc2ccccc2)CCSCC1. The standard InChI is InChI=1S/C14H19NO2S/c1-17-13(16)14(7-9-18-10-8-14)15-11-12-5-3-2-4-6-12/h2-6,15H,7-11H2,1H3. The van der Waals surface area contributed by atoms with E-state index in [0.717, 1.165) is 24.3 Å². The fourth-order valence-corrected chi connectivity index (χ4v) is 3.43. The lowest BCUT2D eigenvalue weighted by atomic mass is 9.92. The zero-order valence-electron chi connectivity index (χ0n) is 10.6. The molecule has 0 bridgehead atoms. The topological polar surface area (TPSA) is 38.3 Å². The molecule has 3 nitrogen and oxygen atoms in total. The smallest absolute Gasteiger partial charge is 0.326 e. The number of rotatable bonds is 4. The minimum absolute atomic E-state index is 0.126. The summed E-state index contributed by atoms with van der Waals surface area (Å²) in [6.45, 7) is 0.709. The van der Waals surface area contributed by atoms with Crippen LogP contribution in [0.4, 0.5) is 0 Å². The van der Waals surface area contributed by atoms with Crippen molar-refractivity contribution >= 4 is 17.7 Å². The maximum Gasteiger partial charge on any atom is 0.326 e. The van der Waals surface area contributed by atoms with E-state index in [-0.39, 0.29) is 5.97 Å². The average Bonchev–Trinajstić information content (AvgIpc) is 2.46. The van der Waals surface area contributed by atoms with E-state index in [1.54, 1.807) is 0 Å². The zero-order valence-corrected chi connectivity index (χ0v) is 11.5. The van der Waals surface area contributed by atoms with Crippen LogP contribution in [0.25, 0.3) is 0 Å². The van der Waals surface area contributed by atoms with Gasteiger partial charge in [0.1, 0.15) is 5.54 Å². The lowest BCUT2D eigenvalue weighted by Crippen LogP contribution is -2.54. The van der Waals surface area contributed by atoms with E-state index in [1.807, 2.05) is 30.0 Å². The van der Waals surface area contributed by atoms with Gasteiger partial charge < -0.3 is 4.74 Å². The molecule has 1 saturated heterocycles. The summed E-state index contributed by atoms with van der Waals surface area (Å²) in [6, 6.07) is 10.2. The zero-order chi connectivity index (χ0) is 12.8. The van der Waals surface area contributed by atoms with E-state index in [0.29, 0.717) is 6.54 Å². The number of esters is 1. The molecule has 4 heteroatoms. The van der Waals surface area contributed by atoms with Crippen molar-refractivity contribution in [1.29, 1.82) is 0 Å². The molecule has 2 rings (SSSR count). The predicted octanol–water partition coefficient (Wildman–Crippen LogP) is 2.21. The number of hydrogen-bond donors (Lipinski definition) is 1. The minimum atomic E-state index is -0.490. The maximum absolute atomic E-state index is 12.0. The van der Waals surface area contributed by atoms with Crippen LogP contribution in [0.1, 0.15) is 18.4 Å². The summed E-state index contributed by atoms with van der Waals surface area (Å²) in [7, 11) is 1.47. The van der Waals surface area contributed by atoms with Crippen LogP contribution in [0, 0.1) is 0 Å². The first-order valence-electron chi connectivity index (χ1n) is 6.22. The molecule has 98 valence electrons. The minimum Gasteiger partial charge on any atom is -0.468 e. The number of ether oxygens (including phenoxy) is 1. The van der Waals surface area contributed by atoms with E-state index in [9.17, 15) is 4.79 Å². The third-order valence-electron chi connectivity index (χ3n) is 3.40. The number of carbonyl (C=O) groups excluding carboxylic acids is 1. The van der Waals surface area contributed by atoms with Gasteiger partial charge in [0.05, 0.1) is 7.11 Å². The summed E-state index contributed by atoms with van der Waals surface area (Å²) in [5.74, 6) is 1.90. The number of thioether (sulfide) groups is 1. The monoisotopic (exact) mass is 265 g/mol. The van der Waals surface area contributed by atoms with Gasteiger partial charge >= 0.3 is 5.97 Å². The number of methoxy groups -OCH3 is 1. The largest absolute Gasteiger partial charge is 0.468 e. The Morgan fingerprint density at radius 2 is 2.00 bits per heavy atom. The molecular weight excluding hydrogens is 246 g/mol. The van der Waals surface area contributed by atoms with Gasteiger partial charge in [-0.1, -0.05) is 30.3 Å². The second kappa shape index (κ2) is 6.25. The third kappa shape index (κ3) is 3.06. The summed E-state index contributed by atoms with van der Waals surface area (Å²) in [4.78, 5) is 12.0. The van der Waals surface area contributed by atoms with Crippen LogP contribution in [-0.4, -0.2) is 30.1 Å². The molecule has 0 radical (unpaired) electrons. The molecule has 0 atom stereocenters. The number of carbonyl (C=O) groups is 1. The molecular formula is C14H19NO2S. The molecule has 1 aliphatic heterocycles. The quantitative estimate of drug-likeness (QED) is 0.847. The number of nitrogens with one attached hydrogen (secondary N) is 1. The molecule has 1 fully saturated rings. The van der Waals surface area contributed by atoms with Gasteiger partial charge in [-0.3, -0.25) is 10.1 Å². The Kier molecular flexibility index (Phi) is 4.66. The van der Waals surface area contributed by atoms with Crippen LogP contribution in [0.2, 0.25) is 0 Å². The van der Waals surface area contributed by atoms with Crippen molar-refractivity contribution in [3.05, 3.63) is 35.9 Å². The number of benzene rings is 1. The second-order valence-electron chi connectivity index (χ2n) is 4.53. The average molecular weight is 265 g/mol. The van der Waals surface area contributed by atoms with Gasteiger partial charge in [-0.25, -0.2) is 0 Å². The van der Waals surface area contributed by atoms with E-state index in [1.165, 1.54) is 12.7 Å². The third-order valence-corrected chi connectivity index (χ3v) is 4.38. The fourth-order valence-electron chi connectivity index (χ4n) is 2.24. The lowest BCUT2D eigenvalue weighted by molar-refractivity contribution is -0.149. The Hall–Kier alpha value is -1.00. The summed E-state index contributed by atoms with van der Waals surface area (Å²) in [6.07, 6.45) is 1.69. The van der Waals surface area contributed by atoms with Crippen molar-refractivity contribution in [2.45, 2.75) is 24.9 Å². The Balaban J connectivity index is 2.04. The van der Waals surface area contributed by atoms with Gasteiger partial charge in [0, 0.05) is 6.54 Å². The fraction of sp³-hybridized carbons (Fsp3) is 0.500. The Morgan fingerprint density at radius 3 is 2.61 bits per heavy atom. The molecule has 1 N–H and O–H groups in total. The molecule has 0 spiro atoms. The summed E-state index contributed by atoms with van der Waals surface area (Å²) in [5.41, 5.74) is 0.703. The van der Waals surface area contributed by atoms with Gasteiger partial charge in [0.15, 0.2) is 0 Å². The van der Waals surface area contributed by atoms with Gasteiger partial charge in [-0.2, -0.15) is 11.8 Å². The first-order valence-corrected chi connectivity index (χ1v) is 7.37. The maximum atomic E-state index is 12.0. The summed E-state index contributed by atoms with van der Waals surface area (Å²) in [5, 5.41) is 3.41. The van der Waals surface area contributed by atoms with Gasteiger partial charge in [-0.05, 0) is 29.9 Å². The first-order chi connectivity index (χ1) is 8.77. The van der Waals surface area contributed by atoms with Crippen LogP contribution in [0.5, 0.6) is 0 Å². The summed E-state index contributed by atoms with van der Waals surface area (Å²) >= 11 is 1.90. The highest BCUT2D eigenvalue weighted by Crippen LogP contribution is 2.28. The van der Waals surface area contributed by atoms with Crippen LogP contribution in [0.3, 0.4) is 0 Å². The highest BCUT2D eigenvalue weighted by Gasteiger charge is 2.40. The predicted molar refractivity (Wildman–Crippen MR) is 74.6 cm³/mol. The molecule has 0 saturated carbocycles. The Morgan fingerprint density at radius 1 is 1.33 bits per heavy atom. The number of hydrogen-bond acceptors (Lipinski definition) is 4. The first kappa shape index (κ1) is 13.4. The van der Waals surface area contributed by atoms with Gasteiger partial charge in [0.25, 0.3) is 0 Å². The van der Waals surface area contributed by atoms with E-state index in [4.69, 9.17) is 4.74 Å². The Bertz CT molecular complexity index is 388. The molecule has 1 aliphatic rings. The van der Waals surface area contributed by atoms with Crippen LogP contribution in [-0.2, 0) is 16.1 Å². The summed E-state index contributed by atoms with van der Waals surface area (Å²) < 4.78 is 4.97. The Labute approximate surface area is 112 Å². The molecule has 1 aromatic carbocycles. The molecule has 1 heterocycles. The molecule has 0 aromatic heterocycles. The normalized spacial score (nSPS) is 18.3. The van der Waals surface area contributed by atoms with E-state index >= 15 is 0 Å². The van der Waals surface area contributed by atoms with Crippen LogP contribution in [0.15, 0.2) is 30.3 Å². The molecule has 0 amide bonds. The van der Waals surface area contributed by atoms with Crippen molar-refractivity contribution in [2.75, 3.05) is 18.6 Å². The highest BCUT2D eigenvalue weighted by atomic mass is 32.2. The van der Waals surface area contributed by atoms with Crippen molar-refractivity contribution in [2.24, 2.45) is 0 Å². The molecule has 18 heavy (non-hydrogen) atoms. The lowest BCUT2D eigenvalue weighted by Gasteiger charge is -2.35. The molecule has 0 aliphatic carbocycles. The van der Waals surface area contributed by atoms with Gasteiger partial charge in [-0.15, -0.1) is 0 Å². The van der Waals surface area contributed by atoms with E-state index in [2.05, 4.69) is 17.4 Å². The van der Waals surface area contributed by atoms with Crippen LogP contribution >= 0.6 is 11.8 Å². The van der Waals surface area contributed by atoms with Gasteiger partial charge in [0.2, 0.25) is 0 Å². The second-order valence-corrected chi connectivity index (χ2v) is 5.75. The molecule has 1 aromatic rings. The highest BCUT2D eigenvalue weighted by molar-refractivity contribution is 7.99.